The van der Waals surface area contributed by atoms with Crippen LogP contribution in [0.25, 0.3) is 0 Å². The van der Waals surface area contributed by atoms with E-state index in [4.69, 9.17) is 0 Å². The molecule has 1 aromatic heterocycles. The molecule has 25 heavy (non-hydrogen) atoms. The zero-order valence-corrected chi connectivity index (χ0v) is 14.6. The van der Waals surface area contributed by atoms with Crippen LogP contribution in [0.4, 0.5) is 4.39 Å². The van der Waals surface area contributed by atoms with Crippen molar-refractivity contribution in [3.05, 3.63) is 58.0 Å². The molecule has 6 heteroatoms. The van der Waals surface area contributed by atoms with E-state index in [1.807, 2.05) is 22.9 Å². The van der Waals surface area contributed by atoms with Crippen LogP contribution in [-0.4, -0.2) is 41.2 Å². The Morgan fingerprint density at radius 1 is 1.24 bits per heavy atom. The average Bonchev–Trinajstić information content (AvgIpc) is 3.33. The SMILES string of the molecule is O=C(c1ccsc1)N1CC[C@]2(CCN(Cc3cccc(F)c3)C2=O)C1. The van der Waals surface area contributed by atoms with Crippen molar-refractivity contribution in [3.8, 4) is 0 Å². The molecule has 0 aliphatic carbocycles. The van der Waals surface area contributed by atoms with Crippen molar-refractivity contribution in [1.82, 2.24) is 9.80 Å². The molecule has 4 rings (SSSR count). The first-order valence-electron chi connectivity index (χ1n) is 8.43. The van der Waals surface area contributed by atoms with Crippen molar-refractivity contribution in [2.24, 2.45) is 5.41 Å². The molecule has 4 nitrogen and oxygen atoms in total. The van der Waals surface area contributed by atoms with Gasteiger partial charge in [0.25, 0.3) is 5.91 Å². The number of hydrogen-bond donors (Lipinski definition) is 0. The maximum atomic E-state index is 13.4. The Morgan fingerprint density at radius 2 is 2.08 bits per heavy atom. The fraction of sp³-hybridized carbons (Fsp3) is 0.368. The highest BCUT2D eigenvalue weighted by Crippen LogP contribution is 2.41. The number of halogens is 1. The third-order valence-electron chi connectivity index (χ3n) is 5.27. The normalized spacial score (nSPS) is 23.0. The van der Waals surface area contributed by atoms with Crippen LogP contribution in [0.15, 0.2) is 41.1 Å². The lowest BCUT2D eigenvalue weighted by Crippen LogP contribution is -2.38. The Balaban J connectivity index is 1.45. The highest BCUT2D eigenvalue weighted by Gasteiger charge is 2.51. The van der Waals surface area contributed by atoms with Gasteiger partial charge in [-0.3, -0.25) is 9.59 Å². The first-order valence-corrected chi connectivity index (χ1v) is 9.37. The number of nitrogens with zero attached hydrogens (tertiary/aromatic N) is 2. The minimum absolute atomic E-state index is 0.00880. The van der Waals surface area contributed by atoms with Gasteiger partial charge < -0.3 is 9.80 Å². The highest BCUT2D eigenvalue weighted by molar-refractivity contribution is 7.08. The van der Waals surface area contributed by atoms with Crippen LogP contribution in [-0.2, 0) is 11.3 Å². The van der Waals surface area contributed by atoms with E-state index < -0.39 is 5.41 Å². The summed E-state index contributed by atoms with van der Waals surface area (Å²) in [4.78, 5) is 29.1. The summed E-state index contributed by atoms with van der Waals surface area (Å²) < 4.78 is 13.4. The van der Waals surface area contributed by atoms with Crippen molar-refractivity contribution in [2.45, 2.75) is 19.4 Å². The number of carbonyl (C=O) groups is 2. The highest BCUT2D eigenvalue weighted by atomic mass is 32.1. The molecule has 3 heterocycles. The quantitative estimate of drug-likeness (QED) is 0.846. The first-order chi connectivity index (χ1) is 12.1. The zero-order chi connectivity index (χ0) is 17.4. The summed E-state index contributed by atoms with van der Waals surface area (Å²) in [5.74, 6) is -0.181. The van der Waals surface area contributed by atoms with Crippen LogP contribution < -0.4 is 0 Å². The second-order valence-electron chi connectivity index (χ2n) is 6.88. The molecule has 2 aliphatic rings. The van der Waals surface area contributed by atoms with Crippen LogP contribution in [0, 0.1) is 11.2 Å². The largest absolute Gasteiger partial charge is 0.338 e. The molecular formula is C19H19FN2O2S. The smallest absolute Gasteiger partial charge is 0.254 e. The lowest BCUT2D eigenvalue weighted by atomic mass is 9.85. The maximum Gasteiger partial charge on any atom is 0.254 e. The van der Waals surface area contributed by atoms with Crippen molar-refractivity contribution < 1.29 is 14.0 Å². The number of carbonyl (C=O) groups excluding carboxylic acids is 2. The van der Waals surface area contributed by atoms with E-state index in [9.17, 15) is 14.0 Å². The molecule has 1 spiro atoms. The summed E-state index contributed by atoms with van der Waals surface area (Å²) in [7, 11) is 0. The molecule has 0 N–H and O–H groups in total. The van der Waals surface area contributed by atoms with Crippen molar-refractivity contribution in [1.29, 1.82) is 0 Å². The van der Waals surface area contributed by atoms with Crippen LogP contribution in [0.2, 0.25) is 0 Å². The molecule has 0 saturated carbocycles. The average molecular weight is 358 g/mol. The molecule has 130 valence electrons. The van der Waals surface area contributed by atoms with Crippen molar-refractivity contribution in [2.75, 3.05) is 19.6 Å². The standard InChI is InChI=1S/C19H19FN2O2S/c20-16-3-1-2-14(10-16)11-21-7-5-19(18(21)24)6-8-22(13-19)17(23)15-4-9-25-12-15/h1-4,9-10,12H,5-8,11,13H2/t19-/m1/s1. The fourth-order valence-electron chi connectivity index (χ4n) is 3.89. The molecule has 0 unspecified atom stereocenters. The maximum absolute atomic E-state index is 13.4. The second-order valence-corrected chi connectivity index (χ2v) is 7.66. The van der Waals surface area contributed by atoms with Gasteiger partial charge in [0.05, 0.1) is 11.0 Å². The van der Waals surface area contributed by atoms with Crippen molar-refractivity contribution >= 4 is 23.2 Å². The summed E-state index contributed by atoms with van der Waals surface area (Å²) in [5, 5.41) is 3.74. The Bertz CT molecular complexity index is 808. The Hall–Kier alpha value is -2.21. The van der Waals surface area contributed by atoms with Crippen LogP contribution in [0.5, 0.6) is 0 Å². The van der Waals surface area contributed by atoms with Gasteiger partial charge >= 0.3 is 0 Å². The van der Waals surface area contributed by atoms with E-state index in [0.29, 0.717) is 38.2 Å². The van der Waals surface area contributed by atoms with Gasteiger partial charge in [-0.15, -0.1) is 0 Å². The van der Waals surface area contributed by atoms with Crippen LogP contribution >= 0.6 is 11.3 Å². The molecule has 2 saturated heterocycles. The number of likely N-dealkylation sites (tertiary alicyclic amines) is 2. The summed E-state index contributed by atoms with van der Waals surface area (Å²) in [6, 6.07) is 8.20. The predicted molar refractivity (Wildman–Crippen MR) is 93.7 cm³/mol. The molecule has 0 bridgehead atoms. The fourth-order valence-corrected chi connectivity index (χ4v) is 4.52. The Kier molecular flexibility index (Phi) is 4.07. The Labute approximate surface area is 149 Å². The van der Waals surface area contributed by atoms with Gasteiger partial charge in [0.1, 0.15) is 5.82 Å². The van der Waals surface area contributed by atoms with E-state index in [2.05, 4.69) is 0 Å². The topological polar surface area (TPSA) is 40.6 Å². The van der Waals surface area contributed by atoms with Gasteiger partial charge in [-0.1, -0.05) is 12.1 Å². The molecule has 2 aromatic rings. The van der Waals surface area contributed by atoms with E-state index in [-0.39, 0.29) is 17.6 Å². The van der Waals surface area contributed by atoms with Gasteiger partial charge in [-0.25, -0.2) is 4.39 Å². The van der Waals surface area contributed by atoms with E-state index in [1.165, 1.54) is 23.5 Å². The Morgan fingerprint density at radius 3 is 2.84 bits per heavy atom. The predicted octanol–water partition coefficient (Wildman–Crippen LogP) is 3.15. The monoisotopic (exact) mass is 358 g/mol. The molecular weight excluding hydrogens is 339 g/mol. The third-order valence-corrected chi connectivity index (χ3v) is 5.96. The molecule has 1 atom stereocenters. The van der Waals surface area contributed by atoms with Gasteiger partial charge in [0.2, 0.25) is 5.91 Å². The van der Waals surface area contributed by atoms with Crippen molar-refractivity contribution in [3.63, 3.8) is 0 Å². The summed E-state index contributed by atoms with van der Waals surface area (Å²) in [6.07, 6.45) is 1.47. The minimum atomic E-state index is -0.459. The van der Waals surface area contributed by atoms with E-state index >= 15 is 0 Å². The van der Waals surface area contributed by atoms with Crippen LogP contribution in [0.1, 0.15) is 28.8 Å². The molecule has 2 fully saturated rings. The molecule has 1 aromatic carbocycles. The second kappa shape index (κ2) is 6.26. The van der Waals surface area contributed by atoms with Gasteiger partial charge in [0.15, 0.2) is 0 Å². The summed E-state index contributed by atoms with van der Waals surface area (Å²) >= 11 is 1.50. The third kappa shape index (κ3) is 2.95. The summed E-state index contributed by atoms with van der Waals surface area (Å²) in [6.45, 7) is 2.20. The lowest BCUT2D eigenvalue weighted by molar-refractivity contribution is -0.135. The zero-order valence-electron chi connectivity index (χ0n) is 13.8. The van der Waals surface area contributed by atoms with Gasteiger partial charge in [-0.2, -0.15) is 11.3 Å². The van der Waals surface area contributed by atoms with E-state index in [1.54, 1.807) is 15.9 Å². The molecule has 2 amide bonds. The van der Waals surface area contributed by atoms with Gasteiger partial charge in [-0.05, 0) is 42.0 Å². The number of thiophene rings is 1. The lowest BCUT2D eigenvalue weighted by Gasteiger charge is -2.23. The van der Waals surface area contributed by atoms with Crippen LogP contribution in [0.3, 0.4) is 0 Å². The number of amides is 2. The first kappa shape index (κ1) is 16.3. The minimum Gasteiger partial charge on any atom is -0.338 e. The van der Waals surface area contributed by atoms with E-state index in [0.717, 1.165) is 12.0 Å². The summed E-state index contributed by atoms with van der Waals surface area (Å²) in [5.41, 5.74) is 1.04. The number of hydrogen-bond acceptors (Lipinski definition) is 3. The van der Waals surface area contributed by atoms with Gasteiger partial charge in [0, 0.05) is 31.6 Å². The molecule has 2 aliphatic heterocycles. The number of benzene rings is 1. The molecule has 0 radical (unpaired) electrons. The number of rotatable bonds is 3.